The van der Waals surface area contributed by atoms with E-state index in [4.69, 9.17) is 4.74 Å². The smallest absolute Gasteiger partial charge is 0.125 e. The third-order valence-corrected chi connectivity index (χ3v) is 4.12. The SMILES string of the molecule is CCC(C)C1(C)C[C@H](O)c2cc(C)ccc2O1. The maximum absolute atomic E-state index is 10.3. The first-order valence-corrected chi connectivity index (χ1v) is 6.44. The number of rotatable bonds is 2. The summed E-state index contributed by atoms with van der Waals surface area (Å²) in [6.45, 7) is 8.49. The van der Waals surface area contributed by atoms with Gasteiger partial charge in [-0.25, -0.2) is 0 Å². The molecule has 0 amide bonds. The molecule has 2 heteroatoms. The Bertz CT molecular complexity index is 413. The molecule has 1 heterocycles. The lowest BCUT2D eigenvalue weighted by atomic mass is 9.80. The fourth-order valence-electron chi connectivity index (χ4n) is 2.54. The third-order valence-electron chi connectivity index (χ3n) is 4.12. The van der Waals surface area contributed by atoms with Crippen LogP contribution in [0.2, 0.25) is 0 Å². The average Bonchev–Trinajstić information content (AvgIpc) is 2.29. The second kappa shape index (κ2) is 4.34. The van der Waals surface area contributed by atoms with Crippen LogP contribution in [0, 0.1) is 12.8 Å². The highest BCUT2D eigenvalue weighted by atomic mass is 16.5. The maximum Gasteiger partial charge on any atom is 0.125 e. The van der Waals surface area contributed by atoms with Crippen molar-refractivity contribution in [3.05, 3.63) is 29.3 Å². The average molecular weight is 234 g/mol. The van der Waals surface area contributed by atoms with Crippen LogP contribution in [0.15, 0.2) is 18.2 Å². The van der Waals surface area contributed by atoms with Crippen molar-refractivity contribution in [3.8, 4) is 5.75 Å². The minimum absolute atomic E-state index is 0.254. The maximum atomic E-state index is 10.3. The predicted octanol–water partition coefficient (Wildman–Crippen LogP) is 3.62. The normalized spacial score (nSPS) is 29.4. The standard InChI is InChI=1S/C15H22O2/c1-5-11(3)15(4)9-13(16)12-8-10(2)6-7-14(12)17-15/h6-8,11,13,16H,5,9H2,1-4H3/t11?,13-,15?/m0/s1. The van der Waals surface area contributed by atoms with E-state index in [1.165, 1.54) is 5.56 Å². The Hall–Kier alpha value is -1.02. The van der Waals surface area contributed by atoms with Crippen LogP contribution in [-0.2, 0) is 0 Å². The molecular formula is C15H22O2. The van der Waals surface area contributed by atoms with Gasteiger partial charge in [-0.1, -0.05) is 25.5 Å². The van der Waals surface area contributed by atoms with Crippen molar-refractivity contribution >= 4 is 0 Å². The number of hydrogen-bond acceptors (Lipinski definition) is 2. The molecule has 2 rings (SSSR count). The molecule has 94 valence electrons. The number of ether oxygens (including phenoxy) is 1. The van der Waals surface area contributed by atoms with Crippen molar-refractivity contribution < 1.29 is 9.84 Å². The predicted molar refractivity (Wildman–Crippen MR) is 69.2 cm³/mol. The summed E-state index contributed by atoms with van der Waals surface area (Å²) in [5.74, 6) is 1.28. The molecule has 0 spiro atoms. The highest BCUT2D eigenvalue weighted by Crippen LogP contribution is 2.43. The topological polar surface area (TPSA) is 29.5 Å². The van der Waals surface area contributed by atoms with Crippen LogP contribution in [0.3, 0.4) is 0 Å². The van der Waals surface area contributed by atoms with Gasteiger partial charge >= 0.3 is 0 Å². The largest absolute Gasteiger partial charge is 0.487 e. The van der Waals surface area contributed by atoms with Gasteiger partial charge in [0, 0.05) is 12.0 Å². The summed E-state index contributed by atoms with van der Waals surface area (Å²) in [6.07, 6.45) is 1.33. The van der Waals surface area contributed by atoms with Crippen molar-refractivity contribution in [2.45, 2.75) is 52.2 Å². The zero-order valence-corrected chi connectivity index (χ0v) is 11.2. The lowest BCUT2D eigenvalue weighted by molar-refractivity contribution is -0.0380. The Morgan fingerprint density at radius 1 is 1.53 bits per heavy atom. The summed E-state index contributed by atoms with van der Waals surface area (Å²) in [5, 5.41) is 10.3. The number of aliphatic hydroxyl groups is 1. The minimum Gasteiger partial charge on any atom is -0.487 e. The minimum atomic E-state index is -0.405. The Morgan fingerprint density at radius 2 is 2.24 bits per heavy atom. The first-order chi connectivity index (χ1) is 7.96. The molecule has 3 atom stereocenters. The van der Waals surface area contributed by atoms with Crippen molar-refractivity contribution in [3.63, 3.8) is 0 Å². The fraction of sp³-hybridized carbons (Fsp3) is 0.600. The first-order valence-electron chi connectivity index (χ1n) is 6.44. The summed E-state index contributed by atoms with van der Waals surface area (Å²) in [4.78, 5) is 0. The molecule has 1 N–H and O–H groups in total. The molecule has 0 radical (unpaired) electrons. The van der Waals surface area contributed by atoms with E-state index in [9.17, 15) is 5.11 Å². The van der Waals surface area contributed by atoms with E-state index < -0.39 is 6.10 Å². The van der Waals surface area contributed by atoms with Gasteiger partial charge in [0.25, 0.3) is 0 Å². The van der Waals surface area contributed by atoms with Gasteiger partial charge in [0.15, 0.2) is 0 Å². The van der Waals surface area contributed by atoms with E-state index in [0.717, 1.165) is 17.7 Å². The summed E-state index contributed by atoms with van der Waals surface area (Å²) >= 11 is 0. The molecule has 1 aromatic rings. The third kappa shape index (κ3) is 2.19. The molecule has 1 aliphatic heterocycles. The Kier molecular flexibility index (Phi) is 3.17. The van der Waals surface area contributed by atoms with Crippen LogP contribution < -0.4 is 4.74 Å². The molecule has 0 saturated heterocycles. The van der Waals surface area contributed by atoms with Gasteiger partial charge in [-0.15, -0.1) is 0 Å². The van der Waals surface area contributed by atoms with Crippen molar-refractivity contribution in [1.82, 2.24) is 0 Å². The molecule has 2 unspecified atom stereocenters. The van der Waals surface area contributed by atoms with Gasteiger partial charge in [-0.2, -0.15) is 0 Å². The Balaban J connectivity index is 2.36. The zero-order chi connectivity index (χ0) is 12.6. The van der Waals surface area contributed by atoms with E-state index in [2.05, 4.69) is 20.8 Å². The van der Waals surface area contributed by atoms with Gasteiger partial charge < -0.3 is 9.84 Å². The molecule has 1 aliphatic rings. The lowest BCUT2D eigenvalue weighted by Gasteiger charge is -2.42. The quantitative estimate of drug-likeness (QED) is 0.847. The molecule has 2 nitrogen and oxygen atoms in total. The molecule has 0 bridgehead atoms. The van der Waals surface area contributed by atoms with Crippen LogP contribution in [0.4, 0.5) is 0 Å². The molecule has 0 saturated carbocycles. The number of aliphatic hydroxyl groups excluding tert-OH is 1. The molecule has 17 heavy (non-hydrogen) atoms. The summed E-state index contributed by atoms with van der Waals surface area (Å²) in [5.41, 5.74) is 1.85. The Morgan fingerprint density at radius 3 is 2.88 bits per heavy atom. The molecular weight excluding hydrogens is 212 g/mol. The van der Waals surface area contributed by atoms with Gasteiger partial charge in [0.05, 0.1) is 6.10 Å². The highest BCUT2D eigenvalue weighted by Gasteiger charge is 2.40. The highest BCUT2D eigenvalue weighted by molar-refractivity contribution is 5.40. The van der Waals surface area contributed by atoms with Crippen LogP contribution in [-0.4, -0.2) is 10.7 Å². The number of aryl methyl sites for hydroxylation is 1. The molecule has 0 fully saturated rings. The van der Waals surface area contributed by atoms with Gasteiger partial charge in [-0.3, -0.25) is 0 Å². The Labute approximate surface area is 104 Å². The summed E-state index contributed by atoms with van der Waals surface area (Å²) in [7, 11) is 0. The first kappa shape index (κ1) is 12.4. The monoisotopic (exact) mass is 234 g/mol. The van der Waals surface area contributed by atoms with E-state index in [0.29, 0.717) is 12.3 Å². The molecule has 0 aromatic heterocycles. The van der Waals surface area contributed by atoms with E-state index in [1.807, 2.05) is 25.1 Å². The zero-order valence-electron chi connectivity index (χ0n) is 11.2. The summed E-state index contributed by atoms with van der Waals surface area (Å²) < 4.78 is 6.14. The number of benzene rings is 1. The number of hydrogen-bond donors (Lipinski definition) is 1. The van der Waals surface area contributed by atoms with Gasteiger partial charge in [0.2, 0.25) is 0 Å². The van der Waals surface area contributed by atoms with Gasteiger partial charge in [-0.05, 0) is 38.3 Å². The van der Waals surface area contributed by atoms with E-state index in [1.54, 1.807) is 0 Å². The van der Waals surface area contributed by atoms with Crippen LogP contribution in [0.25, 0.3) is 0 Å². The lowest BCUT2D eigenvalue weighted by Crippen LogP contribution is -2.43. The van der Waals surface area contributed by atoms with Crippen molar-refractivity contribution in [2.24, 2.45) is 5.92 Å². The van der Waals surface area contributed by atoms with Crippen molar-refractivity contribution in [2.75, 3.05) is 0 Å². The molecule has 1 aromatic carbocycles. The summed E-state index contributed by atoms with van der Waals surface area (Å²) in [6, 6.07) is 6.04. The second-order valence-corrected chi connectivity index (χ2v) is 5.49. The molecule has 0 aliphatic carbocycles. The van der Waals surface area contributed by atoms with E-state index >= 15 is 0 Å². The van der Waals surface area contributed by atoms with Crippen LogP contribution >= 0.6 is 0 Å². The van der Waals surface area contributed by atoms with Crippen LogP contribution in [0.1, 0.15) is 50.8 Å². The van der Waals surface area contributed by atoms with E-state index in [-0.39, 0.29) is 5.60 Å². The van der Waals surface area contributed by atoms with Crippen LogP contribution in [0.5, 0.6) is 5.75 Å². The van der Waals surface area contributed by atoms with Crippen molar-refractivity contribution in [1.29, 1.82) is 0 Å². The number of fused-ring (bicyclic) bond motifs is 1. The second-order valence-electron chi connectivity index (χ2n) is 5.49. The fourth-order valence-corrected chi connectivity index (χ4v) is 2.54. The van der Waals surface area contributed by atoms with Gasteiger partial charge in [0.1, 0.15) is 11.4 Å².